The molecule has 0 bridgehead atoms. The molecule has 2 aromatic rings. The van der Waals surface area contributed by atoms with E-state index in [1.54, 1.807) is 20.8 Å². The van der Waals surface area contributed by atoms with E-state index < -0.39 is 35.8 Å². The Balaban J connectivity index is 1.77. The lowest BCUT2D eigenvalue weighted by molar-refractivity contribution is -0.158. The second-order valence-electron chi connectivity index (χ2n) is 9.79. The molecule has 1 atom stereocenters. The summed E-state index contributed by atoms with van der Waals surface area (Å²) in [5, 5.41) is 2.51. The van der Waals surface area contributed by atoms with Gasteiger partial charge in [0.15, 0.2) is 6.10 Å². The topological polar surface area (TPSA) is 90.9 Å². The van der Waals surface area contributed by atoms with Gasteiger partial charge >= 0.3 is 18.0 Å². The Kier molecular flexibility index (Phi) is 9.29. The summed E-state index contributed by atoms with van der Waals surface area (Å²) in [5.74, 6) is -1.29. The molecule has 3 rings (SSSR count). The monoisotopic (exact) mass is 481 g/mol. The fraction of sp³-hybridized carbons (Fsp3) is 0.464. The zero-order valence-electron chi connectivity index (χ0n) is 20.7. The van der Waals surface area contributed by atoms with Crippen LogP contribution in [0.5, 0.6) is 0 Å². The zero-order chi connectivity index (χ0) is 25.3. The number of esters is 2. The van der Waals surface area contributed by atoms with E-state index in [0.29, 0.717) is 0 Å². The molecule has 1 N–H and O–H groups in total. The second kappa shape index (κ2) is 12.4. The maximum absolute atomic E-state index is 13.3. The molecular weight excluding hydrogens is 446 g/mol. The molecule has 0 aromatic heterocycles. The Morgan fingerprint density at radius 3 is 1.94 bits per heavy atom. The van der Waals surface area contributed by atoms with Crippen molar-refractivity contribution in [3.05, 3.63) is 71.8 Å². The van der Waals surface area contributed by atoms with Crippen molar-refractivity contribution in [2.45, 2.75) is 83.1 Å². The van der Waals surface area contributed by atoms with E-state index in [1.807, 2.05) is 60.7 Å². The summed E-state index contributed by atoms with van der Waals surface area (Å²) >= 11 is 0. The van der Waals surface area contributed by atoms with Gasteiger partial charge < -0.3 is 19.5 Å². The summed E-state index contributed by atoms with van der Waals surface area (Å²) < 4.78 is 16.8. The Morgan fingerprint density at radius 2 is 1.43 bits per heavy atom. The predicted octanol–water partition coefficient (Wildman–Crippen LogP) is 5.48. The molecule has 0 saturated heterocycles. The van der Waals surface area contributed by atoms with Crippen LogP contribution >= 0.6 is 0 Å². The van der Waals surface area contributed by atoms with Gasteiger partial charge in [0.05, 0.1) is 6.42 Å². The lowest BCUT2D eigenvalue weighted by atomic mass is 9.98. The Hall–Kier alpha value is -3.35. The van der Waals surface area contributed by atoms with Crippen molar-refractivity contribution in [1.82, 2.24) is 5.32 Å². The maximum atomic E-state index is 13.3. The lowest BCUT2D eigenvalue weighted by Gasteiger charge is -2.26. The molecule has 7 nitrogen and oxygen atoms in total. The molecule has 7 heteroatoms. The molecule has 2 aromatic carbocycles. The van der Waals surface area contributed by atoms with Gasteiger partial charge in [-0.25, -0.2) is 9.59 Å². The van der Waals surface area contributed by atoms with Crippen molar-refractivity contribution in [3.63, 3.8) is 0 Å². The van der Waals surface area contributed by atoms with Gasteiger partial charge in [-0.3, -0.25) is 4.79 Å². The Bertz CT molecular complexity index is 924. The van der Waals surface area contributed by atoms with Crippen molar-refractivity contribution in [3.8, 4) is 0 Å². The molecule has 1 saturated carbocycles. The third-order valence-electron chi connectivity index (χ3n) is 5.64. The smallest absolute Gasteiger partial charge is 0.408 e. The number of carbonyl (C=O) groups excluding carboxylic acids is 3. The van der Waals surface area contributed by atoms with Crippen molar-refractivity contribution in [1.29, 1.82) is 0 Å². The fourth-order valence-electron chi connectivity index (χ4n) is 4.01. The van der Waals surface area contributed by atoms with Gasteiger partial charge in [-0.15, -0.1) is 0 Å². The van der Waals surface area contributed by atoms with Gasteiger partial charge in [0.25, 0.3) is 0 Å². The summed E-state index contributed by atoms with van der Waals surface area (Å²) in [7, 11) is 0. The molecule has 1 aliphatic carbocycles. The minimum absolute atomic E-state index is 0.157. The third-order valence-corrected chi connectivity index (χ3v) is 5.64. The van der Waals surface area contributed by atoms with Crippen LogP contribution in [0.2, 0.25) is 0 Å². The molecule has 0 spiro atoms. The highest BCUT2D eigenvalue weighted by Crippen LogP contribution is 2.27. The minimum Gasteiger partial charge on any atom is -0.462 e. The van der Waals surface area contributed by atoms with Gasteiger partial charge in [-0.1, -0.05) is 67.1 Å². The van der Waals surface area contributed by atoms with Crippen LogP contribution in [0.25, 0.3) is 0 Å². The number of hydrogen-bond acceptors (Lipinski definition) is 6. The highest BCUT2D eigenvalue weighted by Gasteiger charge is 2.32. The van der Waals surface area contributed by atoms with Crippen LogP contribution < -0.4 is 5.32 Å². The highest BCUT2D eigenvalue weighted by atomic mass is 16.6. The number of rotatable bonds is 8. The van der Waals surface area contributed by atoms with Gasteiger partial charge in [0.2, 0.25) is 0 Å². The van der Waals surface area contributed by atoms with E-state index in [9.17, 15) is 14.4 Å². The predicted molar refractivity (Wildman–Crippen MR) is 132 cm³/mol. The molecule has 35 heavy (non-hydrogen) atoms. The molecule has 1 amide bonds. The van der Waals surface area contributed by atoms with Crippen LogP contribution in [0.15, 0.2) is 60.7 Å². The first-order valence-electron chi connectivity index (χ1n) is 12.2. The van der Waals surface area contributed by atoms with Crippen LogP contribution in [0.3, 0.4) is 0 Å². The van der Waals surface area contributed by atoms with Crippen LogP contribution in [-0.2, 0) is 23.8 Å². The van der Waals surface area contributed by atoms with Crippen LogP contribution in [0, 0.1) is 0 Å². The van der Waals surface area contributed by atoms with Crippen molar-refractivity contribution >= 4 is 18.0 Å². The Labute approximate surface area is 207 Å². The van der Waals surface area contributed by atoms with Gasteiger partial charge in [-0.05, 0) is 57.6 Å². The average molecular weight is 482 g/mol. The summed E-state index contributed by atoms with van der Waals surface area (Å²) in [6.45, 7) is 5.16. The molecule has 0 unspecified atom stereocenters. The normalized spacial score (nSPS) is 15.2. The summed E-state index contributed by atoms with van der Waals surface area (Å²) in [6.07, 6.45) is 2.76. The van der Waals surface area contributed by atoms with E-state index in [2.05, 4.69) is 5.32 Å². The number of carbonyl (C=O) groups is 3. The van der Waals surface area contributed by atoms with Gasteiger partial charge in [0.1, 0.15) is 17.7 Å². The first kappa shape index (κ1) is 26.3. The number of alkyl carbamates (subject to hydrolysis) is 1. The first-order chi connectivity index (χ1) is 16.7. The standard InChI is InChI=1S/C28H35NO6/c1-28(2,3)35-27(32)29-23(19-24(30)33-22-17-11-6-12-18-22)26(31)34-25(20-13-7-4-8-14-20)21-15-9-5-10-16-21/h4-5,7-10,13-16,22-23,25H,6,11-12,17-19H2,1-3H3,(H,29,32)/t23-/m0/s1. The van der Waals surface area contributed by atoms with E-state index >= 15 is 0 Å². The van der Waals surface area contributed by atoms with E-state index in [-0.39, 0.29) is 12.5 Å². The number of ether oxygens (including phenoxy) is 3. The second-order valence-corrected chi connectivity index (χ2v) is 9.79. The number of nitrogens with one attached hydrogen (secondary N) is 1. The first-order valence-corrected chi connectivity index (χ1v) is 12.2. The number of hydrogen-bond donors (Lipinski definition) is 1. The summed E-state index contributed by atoms with van der Waals surface area (Å²) in [4.78, 5) is 38.5. The molecule has 1 aliphatic rings. The number of amides is 1. The van der Waals surface area contributed by atoms with Crippen molar-refractivity contribution < 1.29 is 28.6 Å². The SMILES string of the molecule is CC(C)(C)OC(=O)N[C@@H](CC(=O)OC1CCCCC1)C(=O)OC(c1ccccc1)c1ccccc1. The summed E-state index contributed by atoms with van der Waals surface area (Å²) in [5.41, 5.74) is 0.776. The molecule has 1 fully saturated rings. The number of benzene rings is 2. The minimum atomic E-state index is -1.25. The van der Waals surface area contributed by atoms with Gasteiger partial charge in [0, 0.05) is 0 Å². The Morgan fingerprint density at radius 1 is 0.886 bits per heavy atom. The molecule has 188 valence electrons. The lowest BCUT2D eigenvalue weighted by Crippen LogP contribution is -2.46. The van der Waals surface area contributed by atoms with Crippen LogP contribution in [-0.4, -0.2) is 35.8 Å². The molecule has 0 heterocycles. The van der Waals surface area contributed by atoms with E-state index in [1.165, 1.54) is 0 Å². The van der Waals surface area contributed by atoms with Crippen molar-refractivity contribution in [2.75, 3.05) is 0 Å². The molecule has 0 aliphatic heterocycles. The largest absolute Gasteiger partial charge is 0.462 e. The maximum Gasteiger partial charge on any atom is 0.408 e. The zero-order valence-corrected chi connectivity index (χ0v) is 20.7. The third kappa shape index (κ3) is 8.74. The molecular formula is C28H35NO6. The van der Waals surface area contributed by atoms with Crippen LogP contribution in [0.4, 0.5) is 4.79 Å². The average Bonchev–Trinajstić information content (AvgIpc) is 2.82. The van der Waals surface area contributed by atoms with Gasteiger partial charge in [-0.2, -0.15) is 0 Å². The molecule has 0 radical (unpaired) electrons. The van der Waals surface area contributed by atoms with E-state index in [4.69, 9.17) is 14.2 Å². The fourth-order valence-corrected chi connectivity index (χ4v) is 4.01. The quantitative estimate of drug-likeness (QED) is 0.397. The van der Waals surface area contributed by atoms with Crippen LogP contribution in [0.1, 0.15) is 76.5 Å². The summed E-state index contributed by atoms with van der Waals surface area (Å²) in [6, 6.07) is 17.4. The van der Waals surface area contributed by atoms with Crippen molar-refractivity contribution in [2.24, 2.45) is 0 Å². The highest BCUT2D eigenvalue weighted by molar-refractivity contribution is 5.86. The van der Waals surface area contributed by atoms with E-state index in [0.717, 1.165) is 43.2 Å².